The minimum Gasteiger partial charge on any atom is -0.444 e. The van der Waals surface area contributed by atoms with Gasteiger partial charge < -0.3 is 24.8 Å². The van der Waals surface area contributed by atoms with Crippen LogP contribution in [0.2, 0.25) is 5.02 Å². The Bertz CT molecular complexity index is 933. The second kappa shape index (κ2) is 7.78. The highest BCUT2D eigenvalue weighted by molar-refractivity contribution is 6.31. The number of halogens is 1. The summed E-state index contributed by atoms with van der Waals surface area (Å²) in [4.78, 5) is 24.4. The van der Waals surface area contributed by atoms with Crippen LogP contribution in [0.1, 0.15) is 26.3 Å². The highest BCUT2D eigenvalue weighted by atomic mass is 35.5. The molecule has 2 N–H and O–H groups in total. The molecule has 2 aliphatic rings. The quantitative estimate of drug-likeness (QED) is 0.804. The number of carbonyl (C=O) groups excluding carboxylic acids is 1. The zero-order valence-electron chi connectivity index (χ0n) is 17.2. The Balaban J connectivity index is 1.30. The van der Waals surface area contributed by atoms with Crippen molar-refractivity contribution in [1.82, 2.24) is 20.1 Å². The van der Waals surface area contributed by atoms with Gasteiger partial charge in [-0.2, -0.15) is 0 Å². The van der Waals surface area contributed by atoms with Crippen LogP contribution in [-0.4, -0.2) is 71.2 Å². The maximum Gasteiger partial charge on any atom is 0.410 e. The third-order valence-corrected chi connectivity index (χ3v) is 5.50. The van der Waals surface area contributed by atoms with Gasteiger partial charge in [0, 0.05) is 48.3 Å². The minimum atomic E-state index is -0.472. The number of aromatic amines is 1. The molecule has 29 heavy (non-hydrogen) atoms. The maximum absolute atomic E-state index is 12.3. The summed E-state index contributed by atoms with van der Waals surface area (Å²) in [7, 11) is 0. The van der Waals surface area contributed by atoms with Crippen LogP contribution in [0.15, 0.2) is 29.4 Å². The van der Waals surface area contributed by atoms with Crippen molar-refractivity contribution in [2.24, 2.45) is 4.99 Å². The number of ether oxygens (including phenoxy) is 1. The van der Waals surface area contributed by atoms with Gasteiger partial charge in [0.25, 0.3) is 0 Å². The number of carbonyl (C=O) groups is 1. The number of guanidine groups is 1. The van der Waals surface area contributed by atoms with E-state index in [1.54, 1.807) is 4.90 Å². The Morgan fingerprint density at radius 1 is 1.38 bits per heavy atom. The first-order chi connectivity index (χ1) is 13.8. The monoisotopic (exact) mass is 417 g/mol. The van der Waals surface area contributed by atoms with Crippen LogP contribution in [0.5, 0.6) is 0 Å². The van der Waals surface area contributed by atoms with Gasteiger partial charge in [0.15, 0.2) is 5.96 Å². The SMILES string of the molecule is CC(C)(C)OC(=O)N1CCN2C(NCCc3c[nH]c4ccc(Cl)cc34)=NCC2C1. The topological polar surface area (TPSA) is 73.0 Å². The van der Waals surface area contributed by atoms with E-state index < -0.39 is 5.60 Å². The zero-order valence-corrected chi connectivity index (χ0v) is 17.9. The molecule has 3 heterocycles. The smallest absolute Gasteiger partial charge is 0.410 e. The number of rotatable bonds is 3. The van der Waals surface area contributed by atoms with Gasteiger partial charge in [0.1, 0.15) is 5.60 Å². The summed E-state index contributed by atoms with van der Waals surface area (Å²) in [6.07, 6.45) is 2.68. The fraction of sp³-hybridized carbons (Fsp3) is 0.524. The molecule has 1 unspecified atom stereocenters. The van der Waals surface area contributed by atoms with E-state index >= 15 is 0 Å². The second-order valence-corrected chi connectivity index (χ2v) is 9.05. The minimum absolute atomic E-state index is 0.214. The number of aliphatic imine (C=N–C) groups is 1. The Morgan fingerprint density at radius 3 is 3.00 bits per heavy atom. The van der Waals surface area contributed by atoms with Crippen LogP contribution in [0, 0.1) is 0 Å². The molecular weight excluding hydrogens is 390 g/mol. The molecular formula is C21H28ClN5O2. The van der Waals surface area contributed by atoms with Gasteiger partial charge in [-0.05, 0) is 51.0 Å². The summed E-state index contributed by atoms with van der Waals surface area (Å²) >= 11 is 6.14. The van der Waals surface area contributed by atoms with E-state index in [0.717, 1.165) is 41.4 Å². The van der Waals surface area contributed by atoms with E-state index in [0.29, 0.717) is 19.6 Å². The highest BCUT2D eigenvalue weighted by Crippen LogP contribution is 2.23. The molecule has 1 aromatic heterocycles. The third-order valence-electron chi connectivity index (χ3n) is 5.27. The highest BCUT2D eigenvalue weighted by Gasteiger charge is 2.36. The Labute approximate surface area is 176 Å². The number of fused-ring (bicyclic) bond motifs is 2. The molecule has 1 saturated heterocycles. The molecule has 156 valence electrons. The van der Waals surface area contributed by atoms with Crippen LogP contribution < -0.4 is 5.32 Å². The lowest BCUT2D eigenvalue weighted by Crippen LogP contribution is -2.57. The number of H-pyrrole nitrogens is 1. The first-order valence-electron chi connectivity index (χ1n) is 10.1. The number of nitrogens with one attached hydrogen (secondary N) is 2. The summed E-state index contributed by atoms with van der Waals surface area (Å²) in [5, 5.41) is 5.39. The van der Waals surface area contributed by atoms with Crippen LogP contribution in [0.3, 0.4) is 0 Å². The number of amides is 1. The van der Waals surface area contributed by atoms with Crippen LogP contribution >= 0.6 is 11.6 Å². The van der Waals surface area contributed by atoms with Crippen molar-refractivity contribution in [2.45, 2.75) is 38.8 Å². The lowest BCUT2D eigenvalue weighted by atomic mass is 10.1. The largest absolute Gasteiger partial charge is 0.444 e. The van der Waals surface area contributed by atoms with Gasteiger partial charge in [0.05, 0.1) is 12.6 Å². The van der Waals surface area contributed by atoms with Gasteiger partial charge in [-0.25, -0.2) is 4.79 Å². The predicted octanol–water partition coefficient (Wildman–Crippen LogP) is 3.24. The second-order valence-electron chi connectivity index (χ2n) is 8.62. The van der Waals surface area contributed by atoms with E-state index in [-0.39, 0.29) is 12.1 Å². The Kier molecular flexibility index (Phi) is 5.34. The van der Waals surface area contributed by atoms with Crippen molar-refractivity contribution < 1.29 is 9.53 Å². The van der Waals surface area contributed by atoms with Crippen molar-refractivity contribution in [3.8, 4) is 0 Å². The third kappa shape index (κ3) is 4.45. The molecule has 8 heteroatoms. The molecule has 0 aliphatic carbocycles. The van der Waals surface area contributed by atoms with Gasteiger partial charge >= 0.3 is 6.09 Å². The van der Waals surface area contributed by atoms with E-state index in [4.69, 9.17) is 16.3 Å². The van der Waals surface area contributed by atoms with Crippen molar-refractivity contribution >= 4 is 34.6 Å². The fourth-order valence-electron chi connectivity index (χ4n) is 3.89. The van der Waals surface area contributed by atoms with Crippen molar-refractivity contribution in [3.05, 3.63) is 35.0 Å². The van der Waals surface area contributed by atoms with Gasteiger partial charge in [0.2, 0.25) is 0 Å². The van der Waals surface area contributed by atoms with E-state index in [1.165, 1.54) is 5.56 Å². The first-order valence-corrected chi connectivity index (χ1v) is 10.5. The van der Waals surface area contributed by atoms with E-state index in [9.17, 15) is 4.79 Å². The summed E-state index contributed by atoms with van der Waals surface area (Å²) in [6.45, 7) is 9.22. The van der Waals surface area contributed by atoms with E-state index in [2.05, 4.69) is 20.2 Å². The molecule has 2 aliphatic heterocycles. The summed E-state index contributed by atoms with van der Waals surface area (Å²) < 4.78 is 5.51. The molecule has 0 saturated carbocycles. The van der Waals surface area contributed by atoms with Crippen molar-refractivity contribution in [1.29, 1.82) is 0 Å². The summed E-state index contributed by atoms with van der Waals surface area (Å²) in [5.74, 6) is 0.928. The average Bonchev–Trinajstić information content (AvgIpc) is 3.24. The fourth-order valence-corrected chi connectivity index (χ4v) is 4.06. The summed E-state index contributed by atoms with van der Waals surface area (Å²) in [6, 6.07) is 6.12. The van der Waals surface area contributed by atoms with Crippen LogP contribution in [0.4, 0.5) is 4.79 Å². The molecule has 0 radical (unpaired) electrons. The van der Waals surface area contributed by atoms with Gasteiger partial charge in [-0.3, -0.25) is 4.99 Å². The molecule has 1 amide bonds. The predicted molar refractivity (Wildman–Crippen MR) is 116 cm³/mol. The standard InChI is InChI=1S/C21H28ClN5O2/c1-21(2,3)29-20(28)26-8-9-27-16(13-26)12-25-19(27)23-7-6-14-11-24-18-5-4-15(22)10-17(14)18/h4-5,10-11,16,24H,6-9,12-13H2,1-3H3,(H,23,25). The number of benzene rings is 1. The Morgan fingerprint density at radius 2 is 2.21 bits per heavy atom. The molecule has 1 aromatic carbocycles. The van der Waals surface area contributed by atoms with E-state index in [1.807, 2.05) is 45.2 Å². The van der Waals surface area contributed by atoms with Gasteiger partial charge in [-0.15, -0.1) is 0 Å². The molecule has 0 spiro atoms. The van der Waals surface area contributed by atoms with Crippen molar-refractivity contribution in [3.63, 3.8) is 0 Å². The van der Waals surface area contributed by atoms with Crippen LogP contribution in [0.25, 0.3) is 10.9 Å². The van der Waals surface area contributed by atoms with Gasteiger partial charge in [-0.1, -0.05) is 11.6 Å². The lowest BCUT2D eigenvalue weighted by Gasteiger charge is -2.39. The van der Waals surface area contributed by atoms with Crippen molar-refractivity contribution in [2.75, 3.05) is 32.7 Å². The number of nitrogens with zero attached hydrogens (tertiary/aromatic N) is 3. The van der Waals surface area contributed by atoms with Crippen LogP contribution in [-0.2, 0) is 11.2 Å². The number of hydrogen-bond acceptors (Lipinski definition) is 5. The molecule has 0 bridgehead atoms. The molecule has 1 atom stereocenters. The molecule has 1 fully saturated rings. The normalized spacial score (nSPS) is 19.3. The first kappa shape index (κ1) is 19.9. The maximum atomic E-state index is 12.3. The zero-order chi connectivity index (χ0) is 20.6. The number of piperazine rings is 1. The Hall–Kier alpha value is -2.41. The summed E-state index contributed by atoms with van der Waals surface area (Å²) in [5.41, 5.74) is 1.86. The molecule has 7 nitrogen and oxygen atoms in total. The molecule has 4 rings (SSSR count). The number of hydrogen-bond donors (Lipinski definition) is 2. The lowest BCUT2D eigenvalue weighted by molar-refractivity contribution is 0.0137. The number of aromatic nitrogens is 1. The molecule has 2 aromatic rings. The average molecular weight is 418 g/mol.